The largest absolute Gasteiger partial charge is 0.491 e. The van der Waals surface area contributed by atoms with Crippen LogP contribution in [0.4, 0.5) is 0 Å². The van der Waals surface area contributed by atoms with Crippen LogP contribution >= 0.6 is 15.9 Å². The SMILES string of the molecule is CC(C)CC1(C(Br)c2ccc(OC(C)C)cc2)CCCC1. The fourth-order valence-electron chi connectivity index (χ4n) is 3.79. The van der Waals surface area contributed by atoms with Crippen molar-refractivity contribution in [3.8, 4) is 5.75 Å². The lowest BCUT2D eigenvalue weighted by Gasteiger charge is -2.36. The van der Waals surface area contributed by atoms with E-state index >= 15 is 0 Å². The van der Waals surface area contributed by atoms with E-state index in [1.807, 2.05) is 0 Å². The highest BCUT2D eigenvalue weighted by molar-refractivity contribution is 9.09. The number of ether oxygens (including phenoxy) is 1. The lowest BCUT2D eigenvalue weighted by molar-refractivity contribution is 0.229. The average Bonchev–Trinajstić information content (AvgIpc) is 2.87. The van der Waals surface area contributed by atoms with Gasteiger partial charge in [0.25, 0.3) is 0 Å². The second kappa shape index (κ2) is 7.17. The summed E-state index contributed by atoms with van der Waals surface area (Å²) in [6.45, 7) is 8.83. The molecule has 1 atom stereocenters. The monoisotopic (exact) mass is 352 g/mol. The molecule has 1 unspecified atom stereocenters. The van der Waals surface area contributed by atoms with Gasteiger partial charge < -0.3 is 4.74 Å². The normalized spacial score (nSPS) is 19.2. The first kappa shape index (κ1) is 16.9. The smallest absolute Gasteiger partial charge is 0.119 e. The van der Waals surface area contributed by atoms with Gasteiger partial charge in [-0.15, -0.1) is 0 Å². The first-order valence-electron chi connectivity index (χ1n) is 8.34. The maximum Gasteiger partial charge on any atom is 0.119 e. The molecule has 0 bridgehead atoms. The minimum absolute atomic E-state index is 0.234. The maximum absolute atomic E-state index is 5.75. The van der Waals surface area contributed by atoms with E-state index in [2.05, 4.69) is 67.9 Å². The molecule has 0 aliphatic heterocycles. The van der Waals surface area contributed by atoms with Crippen LogP contribution in [0.3, 0.4) is 0 Å². The number of hydrogen-bond donors (Lipinski definition) is 0. The number of rotatable bonds is 6. The Morgan fingerprint density at radius 1 is 1.05 bits per heavy atom. The highest BCUT2D eigenvalue weighted by Gasteiger charge is 2.40. The van der Waals surface area contributed by atoms with Crippen LogP contribution in [0.5, 0.6) is 5.75 Å². The highest BCUT2D eigenvalue weighted by atomic mass is 79.9. The van der Waals surface area contributed by atoms with Gasteiger partial charge in [0.1, 0.15) is 5.75 Å². The van der Waals surface area contributed by atoms with Crippen LogP contribution in [0.1, 0.15) is 70.2 Å². The molecular formula is C19H29BrO. The minimum atomic E-state index is 0.234. The zero-order valence-corrected chi connectivity index (χ0v) is 15.4. The van der Waals surface area contributed by atoms with E-state index < -0.39 is 0 Å². The van der Waals surface area contributed by atoms with Gasteiger partial charge in [-0.1, -0.05) is 54.8 Å². The van der Waals surface area contributed by atoms with E-state index in [4.69, 9.17) is 4.74 Å². The van der Waals surface area contributed by atoms with Crippen LogP contribution in [0.15, 0.2) is 24.3 Å². The molecule has 1 aliphatic carbocycles. The number of benzene rings is 1. The summed E-state index contributed by atoms with van der Waals surface area (Å²) in [4.78, 5) is 0.461. The Morgan fingerprint density at radius 3 is 2.10 bits per heavy atom. The van der Waals surface area contributed by atoms with Crippen molar-refractivity contribution in [1.29, 1.82) is 0 Å². The Labute approximate surface area is 138 Å². The summed E-state index contributed by atoms with van der Waals surface area (Å²) in [6.07, 6.45) is 7.01. The van der Waals surface area contributed by atoms with Crippen molar-refractivity contribution >= 4 is 15.9 Å². The van der Waals surface area contributed by atoms with Gasteiger partial charge in [0, 0.05) is 4.83 Å². The maximum atomic E-state index is 5.75. The fourth-order valence-corrected chi connectivity index (χ4v) is 4.74. The summed E-state index contributed by atoms with van der Waals surface area (Å²) >= 11 is 4.03. The molecule has 2 rings (SSSR count). The van der Waals surface area contributed by atoms with E-state index in [0.717, 1.165) is 11.7 Å². The summed E-state index contributed by atoms with van der Waals surface area (Å²) < 4.78 is 5.75. The van der Waals surface area contributed by atoms with E-state index in [0.29, 0.717) is 10.2 Å². The van der Waals surface area contributed by atoms with Crippen LogP contribution in [-0.2, 0) is 0 Å². The molecular weight excluding hydrogens is 324 g/mol. The van der Waals surface area contributed by atoms with Crippen molar-refractivity contribution in [2.24, 2.45) is 11.3 Å². The second-order valence-electron chi connectivity index (χ2n) is 7.27. The topological polar surface area (TPSA) is 9.23 Å². The van der Waals surface area contributed by atoms with Gasteiger partial charge in [0.05, 0.1) is 6.10 Å². The lowest BCUT2D eigenvalue weighted by atomic mass is 9.74. The molecule has 1 nitrogen and oxygen atoms in total. The van der Waals surface area contributed by atoms with E-state index in [-0.39, 0.29) is 6.10 Å². The number of hydrogen-bond acceptors (Lipinski definition) is 1. The summed E-state index contributed by atoms with van der Waals surface area (Å²) in [5.41, 5.74) is 1.84. The lowest BCUT2D eigenvalue weighted by Crippen LogP contribution is -2.24. The van der Waals surface area contributed by atoms with E-state index in [9.17, 15) is 0 Å². The first-order chi connectivity index (χ1) is 9.93. The third-order valence-electron chi connectivity index (χ3n) is 4.50. The van der Waals surface area contributed by atoms with Crippen molar-refractivity contribution in [3.63, 3.8) is 0 Å². The quantitative estimate of drug-likeness (QED) is 0.529. The van der Waals surface area contributed by atoms with Crippen molar-refractivity contribution in [2.45, 2.75) is 70.7 Å². The van der Waals surface area contributed by atoms with Crippen molar-refractivity contribution in [1.82, 2.24) is 0 Å². The predicted octanol–water partition coefficient (Wildman–Crippen LogP) is 6.52. The van der Waals surface area contributed by atoms with Gasteiger partial charge in [0.15, 0.2) is 0 Å². The van der Waals surface area contributed by atoms with Crippen LogP contribution in [-0.4, -0.2) is 6.10 Å². The zero-order chi connectivity index (χ0) is 15.5. The Bertz CT molecular complexity index is 429. The van der Waals surface area contributed by atoms with Gasteiger partial charge in [-0.05, 0) is 62.1 Å². The zero-order valence-electron chi connectivity index (χ0n) is 13.9. The van der Waals surface area contributed by atoms with Crippen molar-refractivity contribution < 1.29 is 4.74 Å². The molecule has 2 heteroatoms. The molecule has 1 aromatic carbocycles. The third kappa shape index (κ3) is 4.25. The molecule has 0 N–H and O–H groups in total. The number of alkyl halides is 1. The molecule has 0 aromatic heterocycles. The van der Waals surface area contributed by atoms with Crippen LogP contribution in [0, 0.1) is 11.3 Å². The Hall–Kier alpha value is -0.500. The Balaban J connectivity index is 2.15. The van der Waals surface area contributed by atoms with E-state index in [1.165, 1.54) is 37.7 Å². The minimum Gasteiger partial charge on any atom is -0.491 e. The van der Waals surface area contributed by atoms with Crippen molar-refractivity contribution in [3.05, 3.63) is 29.8 Å². The first-order valence-corrected chi connectivity index (χ1v) is 9.25. The van der Waals surface area contributed by atoms with Crippen LogP contribution in [0.2, 0.25) is 0 Å². The molecule has 0 spiro atoms. The average molecular weight is 353 g/mol. The van der Waals surface area contributed by atoms with Gasteiger partial charge >= 0.3 is 0 Å². The van der Waals surface area contributed by atoms with E-state index in [1.54, 1.807) is 0 Å². The molecule has 1 saturated carbocycles. The summed E-state index contributed by atoms with van der Waals surface area (Å²) in [6, 6.07) is 8.69. The molecule has 1 fully saturated rings. The second-order valence-corrected chi connectivity index (χ2v) is 8.18. The summed E-state index contributed by atoms with van der Waals surface area (Å²) in [5.74, 6) is 1.73. The van der Waals surface area contributed by atoms with Gasteiger partial charge in [-0.2, -0.15) is 0 Å². The molecule has 118 valence electrons. The molecule has 0 radical (unpaired) electrons. The molecule has 1 aliphatic rings. The molecule has 0 heterocycles. The van der Waals surface area contributed by atoms with Gasteiger partial charge in [0.2, 0.25) is 0 Å². The third-order valence-corrected chi connectivity index (χ3v) is 6.00. The summed E-state index contributed by atoms with van der Waals surface area (Å²) in [5, 5.41) is 0. The van der Waals surface area contributed by atoms with Gasteiger partial charge in [-0.3, -0.25) is 0 Å². The Kier molecular flexibility index (Phi) is 5.76. The van der Waals surface area contributed by atoms with Gasteiger partial charge in [-0.25, -0.2) is 0 Å². The molecule has 1 aromatic rings. The van der Waals surface area contributed by atoms with Crippen molar-refractivity contribution in [2.75, 3.05) is 0 Å². The Morgan fingerprint density at radius 2 is 1.62 bits per heavy atom. The van der Waals surface area contributed by atoms with Crippen LogP contribution < -0.4 is 4.74 Å². The van der Waals surface area contributed by atoms with Crippen LogP contribution in [0.25, 0.3) is 0 Å². The molecule has 21 heavy (non-hydrogen) atoms. The summed E-state index contributed by atoms with van der Waals surface area (Å²) in [7, 11) is 0. The molecule has 0 amide bonds. The molecule has 0 saturated heterocycles. The predicted molar refractivity (Wildman–Crippen MR) is 94.2 cm³/mol. The standard InChI is InChI=1S/C19H29BrO/c1-14(2)13-19(11-5-6-12-19)18(20)16-7-9-17(10-8-16)21-15(3)4/h7-10,14-15,18H,5-6,11-13H2,1-4H3. The number of halogens is 1. The fraction of sp³-hybridized carbons (Fsp3) is 0.684. The highest BCUT2D eigenvalue weighted by Crippen LogP contribution is 2.55.